The summed E-state index contributed by atoms with van der Waals surface area (Å²) in [5, 5.41) is 11.4. The third-order valence-electron chi connectivity index (χ3n) is 6.30. The molecule has 0 radical (unpaired) electrons. The third-order valence-corrected chi connectivity index (χ3v) is 6.59. The zero-order valence-corrected chi connectivity index (χ0v) is 18.1. The van der Waals surface area contributed by atoms with Gasteiger partial charge in [-0.05, 0) is 43.4 Å². The summed E-state index contributed by atoms with van der Waals surface area (Å²) in [6.45, 7) is 0.622. The first-order valence-corrected chi connectivity index (χ1v) is 10.9. The lowest BCUT2D eigenvalue weighted by Crippen LogP contribution is -2.59. The molecule has 6 rings (SSSR count). The van der Waals surface area contributed by atoms with E-state index in [1.807, 2.05) is 11.0 Å². The number of benzene rings is 1. The van der Waals surface area contributed by atoms with E-state index in [-0.39, 0.29) is 34.7 Å². The van der Waals surface area contributed by atoms with Crippen LogP contribution >= 0.6 is 11.6 Å². The minimum Gasteiger partial charge on any atom is -0.364 e. The maximum Gasteiger partial charge on any atom is 0.417 e. The van der Waals surface area contributed by atoms with Crippen molar-refractivity contribution >= 4 is 23.3 Å². The van der Waals surface area contributed by atoms with E-state index in [0.717, 1.165) is 31.5 Å². The van der Waals surface area contributed by atoms with Gasteiger partial charge in [-0.2, -0.15) is 28.2 Å². The number of rotatable bonds is 4. The molecule has 0 spiro atoms. The molecule has 1 aromatic carbocycles. The van der Waals surface area contributed by atoms with Gasteiger partial charge in [0.15, 0.2) is 0 Å². The number of nitrogens with one attached hydrogen (secondary N) is 1. The fraction of sp³-hybridized carbons (Fsp3) is 0.364. The number of pyridine rings is 1. The molecule has 3 aliphatic rings. The molecule has 2 aromatic heterocycles. The van der Waals surface area contributed by atoms with Gasteiger partial charge in [-0.25, -0.2) is 4.98 Å². The molecule has 172 valence electrons. The van der Waals surface area contributed by atoms with Crippen LogP contribution in [0.1, 0.15) is 35.2 Å². The van der Waals surface area contributed by atoms with Gasteiger partial charge in [0.05, 0.1) is 40.3 Å². The van der Waals surface area contributed by atoms with E-state index >= 15 is 0 Å². The summed E-state index contributed by atoms with van der Waals surface area (Å²) in [5.41, 5.74) is 0.181. The predicted octanol–water partition coefficient (Wildman–Crippen LogP) is 4.44. The number of aromatic nitrogens is 4. The zero-order chi connectivity index (χ0) is 23.2. The average Bonchev–Trinajstić information content (AvgIpc) is 3.34. The molecule has 11 heteroatoms. The highest BCUT2D eigenvalue weighted by Crippen LogP contribution is 2.39. The van der Waals surface area contributed by atoms with Crippen molar-refractivity contribution in [1.29, 1.82) is 0 Å². The summed E-state index contributed by atoms with van der Waals surface area (Å²) in [5.74, 6) is 0.339. The van der Waals surface area contributed by atoms with Gasteiger partial charge in [0, 0.05) is 18.8 Å². The van der Waals surface area contributed by atoms with Gasteiger partial charge in [-0.1, -0.05) is 23.7 Å². The number of alkyl halides is 3. The van der Waals surface area contributed by atoms with Crippen molar-refractivity contribution in [2.75, 3.05) is 11.9 Å². The number of halogens is 4. The van der Waals surface area contributed by atoms with Gasteiger partial charge < -0.3 is 10.2 Å². The van der Waals surface area contributed by atoms with E-state index < -0.39 is 11.7 Å². The normalized spacial score (nSPS) is 22.4. The Morgan fingerprint density at radius 3 is 2.61 bits per heavy atom. The summed E-state index contributed by atoms with van der Waals surface area (Å²) < 4.78 is 38.8. The van der Waals surface area contributed by atoms with Crippen LogP contribution in [0.2, 0.25) is 5.02 Å². The minimum atomic E-state index is -4.51. The number of hydrogen-bond acceptors (Lipinski definition) is 5. The minimum absolute atomic E-state index is 0.0979. The molecule has 4 heterocycles. The van der Waals surface area contributed by atoms with Crippen LogP contribution in [-0.4, -0.2) is 49.4 Å². The Morgan fingerprint density at radius 1 is 1.15 bits per heavy atom. The maximum absolute atomic E-state index is 13.6. The molecule has 3 atom stereocenters. The SMILES string of the molecule is O=C(c1ccccc1-n1nccn1)N1C[C@@H]2CC[C@H]1[C@H](Nc1ncc(C(F)(F)F)cc1Cl)C2. The molecule has 33 heavy (non-hydrogen) atoms. The van der Waals surface area contributed by atoms with E-state index in [2.05, 4.69) is 20.5 Å². The molecule has 2 aliphatic heterocycles. The van der Waals surface area contributed by atoms with Gasteiger partial charge in [0.2, 0.25) is 0 Å². The summed E-state index contributed by atoms with van der Waals surface area (Å²) >= 11 is 6.11. The molecule has 7 nitrogen and oxygen atoms in total. The fourth-order valence-corrected chi connectivity index (χ4v) is 5.00. The molecule has 2 saturated heterocycles. The lowest BCUT2D eigenvalue weighted by Gasteiger charge is -2.50. The van der Waals surface area contributed by atoms with Crippen molar-refractivity contribution in [2.45, 2.75) is 37.5 Å². The lowest BCUT2D eigenvalue weighted by molar-refractivity contribution is -0.137. The van der Waals surface area contributed by atoms with Crippen molar-refractivity contribution < 1.29 is 18.0 Å². The van der Waals surface area contributed by atoms with Crippen LogP contribution in [0, 0.1) is 5.92 Å². The molecule has 1 N–H and O–H groups in total. The van der Waals surface area contributed by atoms with E-state index in [1.165, 1.54) is 4.80 Å². The van der Waals surface area contributed by atoms with Crippen LogP contribution in [0.25, 0.3) is 5.69 Å². The second-order valence-corrected chi connectivity index (χ2v) is 8.75. The fourth-order valence-electron chi connectivity index (χ4n) is 4.78. The van der Waals surface area contributed by atoms with Crippen LogP contribution in [0.3, 0.4) is 0 Å². The second-order valence-electron chi connectivity index (χ2n) is 8.34. The van der Waals surface area contributed by atoms with Crippen molar-refractivity contribution in [2.24, 2.45) is 5.92 Å². The highest BCUT2D eigenvalue weighted by atomic mass is 35.5. The standard InChI is InChI=1S/C22H20ClF3N6O/c23-16-10-14(22(24,25)26)11-27-20(16)30-17-9-13-5-6-19(17)31(12-13)21(33)15-3-1-2-4-18(15)32-28-7-8-29-32/h1-4,7-8,10-11,13,17,19H,5-6,9,12H2,(H,27,30)/t13-,17-,19+/m1/s1. The first-order valence-electron chi connectivity index (χ1n) is 10.6. The van der Waals surface area contributed by atoms with Crippen molar-refractivity contribution in [1.82, 2.24) is 24.9 Å². The van der Waals surface area contributed by atoms with E-state index in [0.29, 0.717) is 17.8 Å². The van der Waals surface area contributed by atoms with E-state index in [9.17, 15) is 18.0 Å². The number of hydrogen-bond donors (Lipinski definition) is 1. The number of fused-ring (bicyclic) bond motifs is 3. The van der Waals surface area contributed by atoms with Crippen LogP contribution in [0.15, 0.2) is 48.9 Å². The first-order chi connectivity index (χ1) is 15.8. The average molecular weight is 477 g/mol. The van der Waals surface area contributed by atoms with Gasteiger partial charge in [-0.3, -0.25) is 4.79 Å². The second kappa shape index (κ2) is 8.33. The molecule has 1 aliphatic carbocycles. The number of carbonyl (C=O) groups is 1. The van der Waals surface area contributed by atoms with Crippen LogP contribution < -0.4 is 5.32 Å². The Bertz CT molecular complexity index is 1170. The Labute approximate surface area is 192 Å². The van der Waals surface area contributed by atoms with Gasteiger partial charge >= 0.3 is 6.18 Å². The Morgan fingerprint density at radius 2 is 1.91 bits per heavy atom. The highest BCUT2D eigenvalue weighted by Gasteiger charge is 2.44. The van der Waals surface area contributed by atoms with Crippen molar-refractivity contribution in [3.05, 3.63) is 65.1 Å². The highest BCUT2D eigenvalue weighted by molar-refractivity contribution is 6.33. The monoisotopic (exact) mass is 476 g/mol. The number of para-hydroxylation sites is 1. The van der Waals surface area contributed by atoms with Crippen molar-refractivity contribution in [3.63, 3.8) is 0 Å². The van der Waals surface area contributed by atoms with E-state index in [1.54, 1.807) is 30.6 Å². The summed E-state index contributed by atoms with van der Waals surface area (Å²) in [6, 6.07) is 7.72. The van der Waals surface area contributed by atoms with E-state index in [4.69, 9.17) is 11.6 Å². The predicted molar refractivity (Wildman–Crippen MR) is 115 cm³/mol. The summed E-state index contributed by atoms with van der Waals surface area (Å²) in [7, 11) is 0. The molecule has 2 bridgehead atoms. The van der Waals surface area contributed by atoms with Gasteiger partial charge in [-0.15, -0.1) is 0 Å². The van der Waals surface area contributed by atoms with Gasteiger partial charge in [0.1, 0.15) is 5.82 Å². The summed E-state index contributed by atoms with van der Waals surface area (Å²) in [6.07, 6.45) is 1.91. The molecule has 0 unspecified atom stereocenters. The Balaban J connectivity index is 1.40. The van der Waals surface area contributed by atoms with Crippen LogP contribution in [0.4, 0.5) is 19.0 Å². The van der Waals surface area contributed by atoms with Crippen molar-refractivity contribution in [3.8, 4) is 5.69 Å². The Kier molecular flexibility index (Phi) is 5.48. The van der Waals surface area contributed by atoms with Crippen LogP contribution in [0.5, 0.6) is 0 Å². The number of piperidine rings is 2. The largest absolute Gasteiger partial charge is 0.417 e. The molecule has 3 fully saturated rings. The number of nitrogens with zero attached hydrogens (tertiary/aromatic N) is 5. The quantitative estimate of drug-likeness (QED) is 0.602. The molecule has 3 aromatic rings. The molecule has 1 amide bonds. The molecular weight excluding hydrogens is 457 g/mol. The third kappa shape index (κ3) is 4.15. The topological polar surface area (TPSA) is 75.9 Å². The lowest BCUT2D eigenvalue weighted by atomic mass is 9.76. The number of amides is 1. The first kappa shape index (κ1) is 21.7. The number of anilines is 1. The van der Waals surface area contributed by atoms with Gasteiger partial charge in [0.25, 0.3) is 5.91 Å². The zero-order valence-electron chi connectivity index (χ0n) is 17.3. The summed E-state index contributed by atoms with van der Waals surface area (Å²) in [4.78, 5) is 20.8. The Hall–Kier alpha value is -3.14. The van der Waals surface area contributed by atoms with Crippen LogP contribution in [-0.2, 0) is 6.18 Å². The number of carbonyl (C=O) groups excluding carboxylic acids is 1. The maximum atomic E-state index is 13.6. The molecule has 1 saturated carbocycles. The smallest absolute Gasteiger partial charge is 0.364 e. The molecular formula is C22H20ClF3N6O.